The van der Waals surface area contributed by atoms with Crippen LogP contribution in [0.15, 0.2) is 24.5 Å². The normalized spacial score (nSPS) is 23.5. The number of fused-ring (bicyclic) bond motifs is 4. The van der Waals surface area contributed by atoms with E-state index in [2.05, 4.69) is 27.3 Å². The monoisotopic (exact) mass is 423 g/mol. The van der Waals surface area contributed by atoms with Crippen LogP contribution in [0.4, 0.5) is 9.52 Å². The summed E-state index contributed by atoms with van der Waals surface area (Å²) in [6, 6.07) is 5.10. The fourth-order valence-electron chi connectivity index (χ4n) is 4.85. The van der Waals surface area contributed by atoms with Gasteiger partial charge in [-0.3, -0.25) is 4.68 Å². The minimum Gasteiger partial charge on any atom is -0.348 e. The molecule has 3 aromatic heterocycles. The van der Waals surface area contributed by atoms with Gasteiger partial charge in [0, 0.05) is 49.4 Å². The SMILES string of the molecule is CN(c1nc2cnc(-c3cc(F)c4nn(C)cc4c3)nc2s1)C1C[C@H]2CC[C@@H](C1)N2. The molecule has 4 aromatic rings. The van der Waals surface area contributed by atoms with Crippen LogP contribution in [-0.2, 0) is 7.05 Å². The van der Waals surface area contributed by atoms with Crippen LogP contribution < -0.4 is 10.2 Å². The molecule has 2 saturated heterocycles. The first kappa shape index (κ1) is 18.1. The number of aryl methyl sites for hydroxylation is 1. The van der Waals surface area contributed by atoms with E-state index in [1.54, 1.807) is 35.5 Å². The molecule has 2 aliphatic heterocycles. The average molecular weight is 424 g/mol. The number of nitrogens with one attached hydrogen (secondary N) is 1. The lowest BCUT2D eigenvalue weighted by Gasteiger charge is -2.35. The predicted molar refractivity (Wildman–Crippen MR) is 116 cm³/mol. The van der Waals surface area contributed by atoms with Crippen LogP contribution >= 0.6 is 11.3 Å². The Hall–Kier alpha value is -2.65. The molecule has 0 radical (unpaired) electrons. The average Bonchev–Trinajstić information content (AvgIpc) is 3.42. The number of benzene rings is 1. The highest BCUT2D eigenvalue weighted by atomic mass is 32.1. The smallest absolute Gasteiger partial charge is 0.187 e. The van der Waals surface area contributed by atoms with Gasteiger partial charge in [0.2, 0.25) is 0 Å². The third kappa shape index (κ3) is 2.95. The predicted octanol–water partition coefficient (Wildman–Crippen LogP) is 3.50. The largest absolute Gasteiger partial charge is 0.348 e. The van der Waals surface area contributed by atoms with Crippen LogP contribution in [0.2, 0.25) is 0 Å². The molecule has 30 heavy (non-hydrogen) atoms. The van der Waals surface area contributed by atoms with Gasteiger partial charge in [-0.2, -0.15) is 5.10 Å². The lowest BCUT2D eigenvalue weighted by atomic mass is 9.99. The number of nitrogens with zero attached hydrogens (tertiary/aromatic N) is 6. The standard InChI is InChI=1S/C21H22FN7S/c1-28-10-12-5-11(6-16(22)18(12)27-28)19-23-9-17-20(26-19)30-21(25-17)29(2)15-7-13-3-4-14(8-15)24-13/h5-6,9-10,13-15,24H,3-4,7-8H2,1-2H3/t13-,14+,15?. The van der Waals surface area contributed by atoms with Gasteiger partial charge in [0.05, 0.1) is 6.20 Å². The maximum absolute atomic E-state index is 14.5. The van der Waals surface area contributed by atoms with E-state index < -0.39 is 0 Å². The molecule has 0 saturated carbocycles. The van der Waals surface area contributed by atoms with Crippen LogP contribution in [0, 0.1) is 5.82 Å². The van der Waals surface area contributed by atoms with Crippen molar-refractivity contribution >= 4 is 37.7 Å². The van der Waals surface area contributed by atoms with Crippen LogP contribution in [0.1, 0.15) is 25.7 Å². The van der Waals surface area contributed by atoms with Crippen molar-refractivity contribution in [3.8, 4) is 11.4 Å². The van der Waals surface area contributed by atoms with E-state index in [-0.39, 0.29) is 5.82 Å². The summed E-state index contributed by atoms with van der Waals surface area (Å²) in [5, 5.41) is 9.56. The highest BCUT2D eigenvalue weighted by Crippen LogP contribution is 2.35. The van der Waals surface area contributed by atoms with Crippen molar-refractivity contribution in [2.75, 3.05) is 11.9 Å². The lowest BCUT2D eigenvalue weighted by molar-refractivity contribution is 0.354. The van der Waals surface area contributed by atoms with Crippen LogP contribution in [0.3, 0.4) is 0 Å². The highest BCUT2D eigenvalue weighted by molar-refractivity contribution is 7.21. The number of piperidine rings is 1. The second-order valence-electron chi connectivity index (χ2n) is 8.45. The Balaban J connectivity index is 1.33. The minimum atomic E-state index is -0.364. The number of hydrogen-bond acceptors (Lipinski definition) is 7. The van der Waals surface area contributed by atoms with Gasteiger partial charge in [0.1, 0.15) is 15.9 Å². The van der Waals surface area contributed by atoms with E-state index in [1.165, 1.54) is 18.9 Å². The molecular formula is C21H22FN7S. The number of aromatic nitrogens is 5. The summed E-state index contributed by atoms with van der Waals surface area (Å²) in [5.74, 6) is 0.141. The third-order valence-electron chi connectivity index (χ3n) is 6.37. The third-order valence-corrected chi connectivity index (χ3v) is 7.43. The molecule has 1 unspecified atom stereocenters. The fraction of sp³-hybridized carbons (Fsp3) is 0.429. The summed E-state index contributed by atoms with van der Waals surface area (Å²) < 4.78 is 16.1. The Labute approximate surface area is 177 Å². The summed E-state index contributed by atoms with van der Waals surface area (Å²) >= 11 is 1.58. The van der Waals surface area contributed by atoms with Gasteiger partial charge >= 0.3 is 0 Å². The molecule has 3 atom stereocenters. The molecule has 5 heterocycles. The maximum atomic E-state index is 14.5. The number of hydrogen-bond donors (Lipinski definition) is 1. The maximum Gasteiger partial charge on any atom is 0.187 e. The molecule has 1 N–H and O–H groups in total. The van der Waals surface area contributed by atoms with E-state index in [4.69, 9.17) is 9.97 Å². The summed E-state index contributed by atoms with van der Waals surface area (Å²) in [4.78, 5) is 17.1. The highest BCUT2D eigenvalue weighted by Gasteiger charge is 2.35. The van der Waals surface area contributed by atoms with E-state index in [1.807, 2.05) is 6.07 Å². The van der Waals surface area contributed by atoms with Gasteiger partial charge in [-0.15, -0.1) is 0 Å². The van der Waals surface area contributed by atoms with Gasteiger partial charge < -0.3 is 10.2 Å². The molecule has 7 nitrogen and oxygen atoms in total. The molecule has 0 aliphatic carbocycles. The minimum absolute atomic E-state index is 0.361. The van der Waals surface area contributed by atoms with Crippen LogP contribution in [0.5, 0.6) is 0 Å². The molecule has 9 heteroatoms. The van der Waals surface area contributed by atoms with E-state index >= 15 is 0 Å². The van der Waals surface area contributed by atoms with Gasteiger partial charge in [-0.25, -0.2) is 19.3 Å². The van der Waals surface area contributed by atoms with Gasteiger partial charge in [0.25, 0.3) is 0 Å². The molecule has 154 valence electrons. The van der Waals surface area contributed by atoms with Crippen molar-refractivity contribution in [2.24, 2.45) is 7.05 Å². The Kier molecular flexibility index (Phi) is 4.04. The number of thiazole rings is 1. The zero-order chi connectivity index (χ0) is 20.4. The molecule has 2 bridgehead atoms. The molecule has 6 rings (SSSR count). The first-order valence-corrected chi connectivity index (χ1v) is 11.1. The molecule has 2 fully saturated rings. The number of halogens is 1. The summed E-state index contributed by atoms with van der Waals surface area (Å²) in [7, 11) is 3.91. The summed E-state index contributed by atoms with van der Waals surface area (Å²) in [6.45, 7) is 0. The van der Waals surface area contributed by atoms with E-state index in [0.29, 0.717) is 35.0 Å². The van der Waals surface area contributed by atoms with Gasteiger partial charge in [0.15, 0.2) is 16.8 Å². The van der Waals surface area contributed by atoms with Gasteiger partial charge in [-0.1, -0.05) is 11.3 Å². The van der Waals surface area contributed by atoms with Crippen molar-refractivity contribution in [1.82, 2.24) is 30.0 Å². The number of anilines is 1. The summed E-state index contributed by atoms with van der Waals surface area (Å²) in [5.41, 5.74) is 1.79. The summed E-state index contributed by atoms with van der Waals surface area (Å²) in [6.07, 6.45) is 8.41. The molecule has 0 spiro atoms. The first-order valence-electron chi connectivity index (χ1n) is 10.3. The molecule has 0 amide bonds. The molecule has 1 aromatic carbocycles. The van der Waals surface area contributed by atoms with E-state index in [0.717, 1.165) is 33.7 Å². The Morgan fingerprint density at radius 2 is 2.00 bits per heavy atom. The second kappa shape index (κ2) is 6.68. The van der Waals surface area contributed by atoms with Crippen molar-refractivity contribution < 1.29 is 4.39 Å². The quantitative estimate of drug-likeness (QED) is 0.544. The zero-order valence-corrected chi connectivity index (χ0v) is 17.7. The molecule has 2 aliphatic rings. The Morgan fingerprint density at radius 1 is 1.20 bits per heavy atom. The van der Waals surface area contributed by atoms with Crippen molar-refractivity contribution in [2.45, 2.75) is 43.8 Å². The fourth-order valence-corrected chi connectivity index (χ4v) is 5.80. The van der Waals surface area contributed by atoms with Crippen molar-refractivity contribution in [3.05, 3.63) is 30.3 Å². The van der Waals surface area contributed by atoms with Crippen molar-refractivity contribution in [1.29, 1.82) is 0 Å². The van der Waals surface area contributed by atoms with Crippen LogP contribution in [-0.4, -0.2) is 49.9 Å². The van der Waals surface area contributed by atoms with Crippen LogP contribution in [0.25, 0.3) is 32.6 Å². The van der Waals surface area contributed by atoms with Gasteiger partial charge in [-0.05, 0) is 37.8 Å². The second-order valence-corrected chi connectivity index (χ2v) is 9.41. The molecular weight excluding hydrogens is 401 g/mol. The lowest BCUT2D eigenvalue weighted by Crippen LogP contribution is -2.47. The topological polar surface area (TPSA) is 71.8 Å². The zero-order valence-electron chi connectivity index (χ0n) is 16.8. The Bertz CT molecular complexity index is 1250. The first-order chi connectivity index (χ1) is 14.5. The Morgan fingerprint density at radius 3 is 2.80 bits per heavy atom. The number of rotatable bonds is 3. The van der Waals surface area contributed by atoms with Crippen molar-refractivity contribution in [3.63, 3.8) is 0 Å². The van der Waals surface area contributed by atoms with E-state index in [9.17, 15) is 4.39 Å².